The topological polar surface area (TPSA) is 76.5 Å². The van der Waals surface area contributed by atoms with Crippen molar-refractivity contribution in [2.75, 3.05) is 5.32 Å². The van der Waals surface area contributed by atoms with E-state index in [1.165, 1.54) is 0 Å². The molecule has 0 aliphatic rings. The van der Waals surface area contributed by atoms with Crippen molar-refractivity contribution in [2.24, 2.45) is 0 Å². The standard InChI is InChI=1S/C26H24N6/c1-4-6-22(13-18(2)3)25-29-15-19(16-30-25)17-31-26-28-12-10-24(32-26)21-8-9-23-20(14-21)7-5-11-27-23/h4-16H,2,17H2,1,3H3,(H,28,31,32)/b6-4-,22-13+. The summed E-state index contributed by atoms with van der Waals surface area (Å²) in [4.78, 5) is 22.4. The van der Waals surface area contributed by atoms with Crippen LogP contribution in [0, 0.1) is 0 Å². The van der Waals surface area contributed by atoms with E-state index in [1.807, 2.05) is 74.8 Å². The van der Waals surface area contributed by atoms with Crippen LogP contribution in [0.5, 0.6) is 0 Å². The number of nitrogens with zero attached hydrogens (tertiary/aromatic N) is 5. The highest BCUT2D eigenvalue weighted by Crippen LogP contribution is 2.22. The lowest BCUT2D eigenvalue weighted by atomic mass is 10.1. The number of fused-ring (bicyclic) bond motifs is 1. The van der Waals surface area contributed by atoms with Gasteiger partial charge in [-0.25, -0.2) is 19.9 Å². The molecule has 3 aromatic heterocycles. The summed E-state index contributed by atoms with van der Waals surface area (Å²) >= 11 is 0. The van der Waals surface area contributed by atoms with Gasteiger partial charge in [-0.2, -0.15) is 0 Å². The number of hydrogen-bond donors (Lipinski definition) is 1. The molecule has 0 saturated heterocycles. The van der Waals surface area contributed by atoms with E-state index in [4.69, 9.17) is 0 Å². The Balaban J connectivity index is 1.48. The van der Waals surface area contributed by atoms with Crippen LogP contribution >= 0.6 is 0 Å². The Hall–Kier alpha value is -4.19. The number of pyridine rings is 1. The first-order valence-electron chi connectivity index (χ1n) is 10.4. The first kappa shape index (κ1) is 21.1. The van der Waals surface area contributed by atoms with Gasteiger partial charge in [-0.15, -0.1) is 0 Å². The van der Waals surface area contributed by atoms with Crippen LogP contribution in [0.1, 0.15) is 25.2 Å². The minimum Gasteiger partial charge on any atom is -0.350 e. The minimum atomic E-state index is 0.522. The van der Waals surface area contributed by atoms with Crippen molar-refractivity contribution >= 4 is 22.4 Å². The third-order valence-corrected chi connectivity index (χ3v) is 4.72. The average Bonchev–Trinajstić information content (AvgIpc) is 2.82. The SMILES string of the molecule is C=C(C)/C=C(\C=C/C)c1ncc(CNc2nccc(-c3ccc4ncccc4c3)n2)cn1. The number of hydrogen-bond acceptors (Lipinski definition) is 6. The van der Waals surface area contributed by atoms with Crippen molar-refractivity contribution in [3.63, 3.8) is 0 Å². The van der Waals surface area contributed by atoms with Crippen LogP contribution in [0.2, 0.25) is 0 Å². The van der Waals surface area contributed by atoms with Crippen LogP contribution < -0.4 is 5.32 Å². The number of aromatic nitrogens is 5. The lowest BCUT2D eigenvalue weighted by molar-refractivity contribution is 1.00. The predicted molar refractivity (Wildman–Crippen MR) is 130 cm³/mol. The molecule has 3 heterocycles. The normalized spacial score (nSPS) is 11.8. The third-order valence-electron chi connectivity index (χ3n) is 4.72. The van der Waals surface area contributed by atoms with Gasteiger partial charge in [0.25, 0.3) is 0 Å². The monoisotopic (exact) mass is 420 g/mol. The average molecular weight is 421 g/mol. The molecule has 0 unspecified atom stereocenters. The summed E-state index contributed by atoms with van der Waals surface area (Å²) in [5.74, 6) is 1.22. The molecule has 32 heavy (non-hydrogen) atoms. The Morgan fingerprint density at radius 2 is 1.88 bits per heavy atom. The van der Waals surface area contributed by atoms with Gasteiger partial charge in [-0.05, 0) is 44.2 Å². The molecule has 6 nitrogen and oxygen atoms in total. The van der Waals surface area contributed by atoms with Crippen LogP contribution in [0.3, 0.4) is 0 Å². The molecule has 0 fully saturated rings. The van der Waals surface area contributed by atoms with Crippen LogP contribution in [0.4, 0.5) is 5.95 Å². The zero-order valence-corrected chi connectivity index (χ0v) is 18.2. The number of allylic oxidation sites excluding steroid dienone is 5. The quantitative estimate of drug-likeness (QED) is 0.391. The van der Waals surface area contributed by atoms with Crippen molar-refractivity contribution in [3.05, 3.63) is 103 Å². The second-order valence-electron chi connectivity index (χ2n) is 7.39. The number of anilines is 1. The van der Waals surface area contributed by atoms with E-state index < -0.39 is 0 Å². The van der Waals surface area contributed by atoms with Crippen molar-refractivity contribution < 1.29 is 0 Å². The molecule has 0 spiro atoms. The van der Waals surface area contributed by atoms with E-state index in [0.29, 0.717) is 18.3 Å². The Morgan fingerprint density at radius 1 is 1.03 bits per heavy atom. The fourth-order valence-corrected chi connectivity index (χ4v) is 3.25. The highest BCUT2D eigenvalue weighted by molar-refractivity contribution is 5.83. The maximum atomic E-state index is 4.66. The lowest BCUT2D eigenvalue weighted by Crippen LogP contribution is -2.05. The van der Waals surface area contributed by atoms with Gasteiger partial charge in [0.15, 0.2) is 5.82 Å². The molecule has 0 aliphatic carbocycles. The van der Waals surface area contributed by atoms with Crippen LogP contribution in [0.15, 0.2) is 91.6 Å². The fraction of sp³-hybridized carbons (Fsp3) is 0.115. The van der Waals surface area contributed by atoms with Crippen molar-refractivity contribution in [3.8, 4) is 11.3 Å². The maximum Gasteiger partial charge on any atom is 0.223 e. The third kappa shape index (κ3) is 5.10. The Morgan fingerprint density at radius 3 is 2.66 bits per heavy atom. The summed E-state index contributed by atoms with van der Waals surface area (Å²) in [5.41, 5.74) is 5.65. The van der Waals surface area contributed by atoms with Crippen LogP contribution in [-0.2, 0) is 6.54 Å². The highest BCUT2D eigenvalue weighted by Gasteiger charge is 2.06. The molecule has 4 rings (SSSR count). The summed E-state index contributed by atoms with van der Waals surface area (Å²) in [6, 6.07) is 12.0. The molecule has 1 N–H and O–H groups in total. The van der Waals surface area contributed by atoms with Gasteiger partial charge in [-0.1, -0.05) is 36.4 Å². The van der Waals surface area contributed by atoms with Crippen molar-refractivity contribution in [1.29, 1.82) is 0 Å². The molecule has 0 bridgehead atoms. The zero-order valence-electron chi connectivity index (χ0n) is 18.2. The summed E-state index contributed by atoms with van der Waals surface area (Å²) in [5, 5.41) is 4.33. The largest absolute Gasteiger partial charge is 0.350 e. The van der Waals surface area contributed by atoms with E-state index in [9.17, 15) is 0 Å². The van der Waals surface area contributed by atoms with E-state index in [1.54, 1.807) is 12.4 Å². The molecular formula is C26H24N6. The van der Waals surface area contributed by atoms with E-state index >= 15 is 0 Å². The van der Waals surface area contributed by atoms with E-state index in [0.717, 1.165) is 38.9 Å². The Bertz CT molecular complexity index is 1310. The molecule has 6 heteroatoms. The molecule has 1 aromatic carbocycles. The second-order valence-corrected chi connectivity index (χ2v) is 7.39. The smallest absolute Gasteiger partial charge is 0.223 e. The molecule has 0 aliphatic heterocycles. The Labute approximate surface area is 187 Å². The van der Waals surface area contributed by atoms with Crippen LogP contribution in [0.25, 0.3) is 27.7 Å². The summed E-state index contributed by atoms with van der Waals surface area (Å²) in [6.07, 6.45) is 13.1. The number of benzene rings is 1. The highest BCUT2D eigenvalue weighted by atomic mass is 15.1. The van der Waals surface area contributed by atoms with Gasteiger partial charge < -0.3 is 5.32 Å². The van der Waals surface area contributed by atoms with Gasteiger partial charge in [0, 0.05) is 53.4 Å². The molecule has 4 aromatic rings. The fourth-order valence-electron chi connectivity index (χ4n) is 3.25. The first-order chi connectivity index (χ1) is 15.6. The summed E-state index contributed by atoms with van der Waals surface area (Å²) in [6.45, 7) is 8.37. The summed E-state index contributed by atoms with van der Waals surface area (Å²) in [7, 11) is 0. The minimum absolute atomic E-state index is 0.522. The molecular weight excluding hydrogens is 396 g/mol. The van der Waals surface area contributed by atoms with E-state index in [2.05, 4.69) is 42.9 Å². The van der Waals surface area contributed by atoms with Gasteiger partial charge >= 0.3 is 0 Å². The lowest BCUT2D eigenvalue weighted by Gasteiger charge is -2.08. The van der Waals surface area contributed by atoms with Crippen molar-refractivity contribution in [1.82, 2.24) is 24.9 Å². The number of nitrogens with one attached hydrogen (secondary N) is 1. The second kappa shape index (κ2) is 9.75. The molecule has 0 atom stereocenters. The molecule has 0 amide bonds. The molecule has 0 saturated carbocycles. The summed E-state index contributed by atoms with van der Waals surface area (Å²) < 4.78 is 0. The molecule has 0 radical (unpaired) electrons. The molecule has 158 valence electrons. The number of rotatable bonds is 7. The predicted octanol–water partition coefficient (Wildman–Crippen LogP) is 5.63. The van der Waals surface area contributed by atoms with Gasteiger partial charge in [0.05, 0.1) is 11.2 Å². The Kier molecular flexibility index (Phi) is 6.41. The van der Waals surface area contributed by atoms with Crippen LogP contribution in [-0.4, -0.2) is 24.9 Å². The van der Waals surface area contributed by atoms with Gasteiger partial charge in [0.1, 0.15) is 0 Å². The van der Waals surface area contributed by atoms with Gasteiger partial charge in [-0.3, -0.25) is 4.98 Å². The van der Waals surface area contributed by atoms with Gasteiger partial charge in [0.2, 0.25) is 5.95 Å². The maximum absolute atomic E-state index is 4.66. The first-order valence-corrected chi connectivity index (χ1v) is 10.4. The van der Waals surface area contributed by atoms with E-state index in [-0.39, 0.29) is 0 Å². The zero-order chi connectivity index (χ0) is 22.3. The van der Waals surface area contributed by atoms with Crippen molar-refractivity contribution in [2.45, 2.75) is 20.4 Å².